The molecule has 0 bridgehead atoms. The van der Waals surface area contributed by atoms with Gasteiger partial charge in [0.2, 0.25) is 10.0 Å². The highest BCUT2D eigenvalue weighted by molar-refractivity contribution is 7.89. The molecule has 0 atom stereocenters. The number of rotatable bonds is 8. The summed E-state index contributed by atoms with van der Waals surface area (Å²) in [4.78, 5) is 12.7. The highest BCUT2D eigenvalue weighted by Gasteiger charge is 2.26. The summed E-state index contributed by atoms with van der Waals surface area (Å²) >= 11 is 0. The maximum atomic E-state index is 12.6. The highest BCUT2D eigenvalue weighted by atomic mass is 32.2. The first-order chi connectivity index (χ1) is 14.9. The number of nitrogens with zero attached hydrogens (tertiary/aromatic N) is 4. The van der Waals surface area contributed by atoms with Crippen LogP contribution < -0.4 is 9.62 Å². The van der Waals surface area contributed by atoms with Gasteiger partial charge in [0.15, 0.2) is 0 Å². The van der Waals surface area contributed by atoms with Crippen LogP contribution in [0.2, 0.25) is 0 Å². The van der Waals surface area contributed by atoms with Crippen molar-refractivity contribution in [1.82, 2.24) is 14.5 Å². The second-order valence-corrected chi connectivity index (χ2v) is 10.3. The number of anilines is 1. The van der Waals surface area contributed by atoms with Gasteiger partial charge in [0.1, 0.15) is 5.69 Å². The Hall–Kier alpha value is -3.24. The Bertz CT molecular complexity index is 1200. The molecule has 0 aliphatic carbocycles. The number of sulfonamides is 1. The summed E-state index contributed by atoms with van der Waals surface area (Å²) in [5.41, 5.74) is 1.33. The normalized spacial score (nSPS) is 12.0. The first kappa shape index (κ1) is 23.4. The van der Waals surface area contributed by atoms with Gasteiger partial charge < -0.3 is 4.90 Å². The van der Waals surface area contributed by atoms with E-state index in [-0.39, 0.29) is 10.6 Å². The monoisotopic (exact) mass is 457 g/mol. The van der Waals surface area contributed by atoms with Gasteiger partial charge in [-0.05, 0) is 38.5 Å². The second-order valence-electron chi connectivity index (χ2n) is 8.65. The van der Waals surface area contributed by atoms with Crippen LogP contribution in [0, 0.1) is 10.1 Å². The van der Waals surface area contributed by atoms with E-state index >= 15 is 0 Å². The largest absolute Gasteiger partial charge is 0.365 e. The third-order valence-corrected chi connectivity index (χ3v) is 6.36. The lowest BCUT2D eigenvalue weighted by atomic mass is 10.1. The molecule has 9 nitrogen and oxygen atoms in total. The van der Waals surface area contributed by atoms with Gasteiger partial charge in [0, 0.05) is 37.0 Å². The molecule has 0 saturated heterocycles. The van der Waals surface area contributed by atoms with E-state index in [4.69, 9.17) is 0 Å². The molecule has 0 saturated carbocycles. The van der Waals surface area contributed by atoms with E-state index in [2.05, 4.69) is 9.82 Å². The van der Waals surface area contributed by atoms with Crippen molar-refractivity contribution in [2.24, 2.45) is 0 Å². The molecule has 1 N–H and O–H groups in total. The third-order valence-electron chi connectivity index (χ3n) is 4.60. The quantitative estimate of drug-likeness (QED) is 0.409. The van der Waals surface area contributed by atoms with Gasteiger partial charge >= 0.3 is 0 Å². The van der Waals surface area contributed by atoms with Crippen molar-refractivity contribution in [2.75, 3.05) is 11.9 Å². The molecular weight excluding hydrogens is 430 g/mol. The Kier molecular flexibility index (Phi) is 6.65. The second kappa shape index (κ2) is 9.09. The van der Waals surface area contributed by atoms with E-state index in [9.17, 15) is 18.5 Å². The summed E-state index contributed by atoms with van der Waals surface area (Å²) in [5, 5.41) is 16.1. The molecule has 3 rings (SSSR count). The Labute approximate surface area is 187 Å². The number of aromatic nitrogens is 2. The number of nitro groups is 1. The SMILES string of the molecule is CN(Cc1cnn(Cc2ccccc2)c1)c1ccc(S(=O)(=O)NC(C)(C)C)cc1[N+](=O)[O-]. The van der Waals surface area contributed by atoms with Crippen molar-refractivity contribution in [3.05, 3.63) is 82.2 Å². The predicted molar refractivity (Wildman–Crippen MR) is 123 cm³/mol. The van der Waals surface area contributed by atoms with Gasteiger partial charge in [-0.2, -0.15) is 5.10 Å². The highest BCUT2D eigenvalue weighted by Crippen LogP contribution is 2.31. The first-order valence-electron chi connectivity index (χ1n) is 10.0. The summed E-state index contributed by atoms with van der Waals surface area (Å²) in [7, 11) is -2.17. The minimum Gasteiger partial charge on any atom is -0.365 e. The van der Waals surface area contributed by atoms with Gasteiger partial charge in [0.25, 0.3) is 5.69 Å². The standard InChI is InChI=1S/C22H27N5O4S/c1-22(2,3)24-32(30,31)19-10-11-20(21(12-19)27(28)29)25(4)14-18-13-23-26(16-18)15-17-8-6-5-7-9-17/h5-13,16,24H,14-15H2,1-4H3. The zero-order chi connectivity index (χ0) is 23.5. The maximum Gasteiger partial charge on any atom is 0.293 e. The molecule has 1 aromatic heterocycles. The van der Waals surface area contributed by atoms with E-state index in [1.165, 1.54) is 12.1 Å². The number of hydrogen-bond acceptors (Lipinski definition) is 6. The van der Waals surface area contributed by atoms with Crippen LogP contribution in [0.5, 0.6) is 0 Å². The van der Waals surface area contributed by atoms with Gasteiger partial charge in [-0.15, -0.1) is 0 Å². The summed E-state index contributed by atoms with van der Waals surface area (Å²) < 4.78 is 29.5. The van der Waals surface area contributed by atoms with Crippen LogP contribution >= 0.6 is 0 Å². The summed E-state index contributed by atoms with van der Waals surface area (Å²) in [6.07, 6.45) is 3.61. The first-order valence-corrected chi connectivity index (χ1v) is 11.5. The van der Waals surface area contributed by atoms with Crippen LogP contribution in [-0.2, 0) is 23.1 Å². The van der Waals surface area contributed by atoms with Crippen LogP contribution in [0.15, 0.2) is 65.8 Å². The third kappa shape index (κ3) is 5.92. The zero-order valence-corrected chi connectivity index (χ0v) is 19.3. The fraction of sp³-hybridized carbons (Fsp3) is 0.318. The molecule has 0 spiro atoms. The van der Waals surface area contributed by atoms with Crippen LogP contribution in [0.4, 0.5) is 11.4 Å². The molecule has 170 valence electrons. The molecular formula is C22H27N5O4S. The zero-order valence-electron chi connectivity index (χ0n) is 18.5. The van der Waals surface area contributed by atoms with Crippen LogP contribution in [0.1, 0.15) is 31.9 Å². The molecule has 0 unspecified atom stereocenters. The molecule has 0 aliphatic heterocycles. The molecule has 32 heavy (non-hydrogen) atoms. The Balaban J connectivity index is 1.81. The molecule has 2 aromatic carbocycles. The number of nitro benzene ring substituents is 1. The molecule has 10 heteroatoms. The van der Waals surface area contributed by atoms with Crippen molar-refractivity contribution in [3.63, 3.8) is 0 Å². The average molecular weight is 458 g/mol. The van der Waals surface area contributed by atoms with Crippen molar-refractivity contribution in [3.8, 4) is 0 Å². The molecule has 0 fully saturated rings. The number of benzene rings is 2. The minimum atomic E-state index is -3.89. The lowest BCUT2D eigenvalue weighted by Crippen LogP contribution is -2.40. The fourth-order valence-electron chi connectivity index (χ4n) is 3.31. The van der Waals surface area contributed by atoms with E-state index in [1.54, 1.807) is 43.6 Å². The summed E-state index contributed by atoms with van der Waals surface area (Å²) in [5.74, 6) is 0. The van der Waals surface area contributed by atoms with Crippen molar-refractivity contribution >= 4 is 21.4 Å². The lowest BCUT2D eigenvalue weighted by molar-refractivity contribution is -0.384. The predicted octanol–water partition coefficient (Wildman–Crippen LogP) is 3.55. The smallest absolute Gasteiger partial charge is 0.293 e. The van der Waals surface area contributed by atoms with Crippen molar-refractivity contribution in [2.45, 2.75) is 44.3 Å². The van der Waals surface area contributed by atoms with E-state index < -0.39 is 20.5 Å². The van der Waals surface area contributed by atoms with Gasteiger partial charge in [-0.1, -0.05) is 30.3 Å². The van der Waals surface area contributed by atoms with Crippen molar-refractivity contribution < 1.29 is 13.3 Å². The minimum absolute atomic E-state index is 0.146. The summed E-state index contributed by atoms with van der Waals surface area (Å²) in [6.45, 7) is 6.12. The Morgan fingerprint density at radius 1 is 1.12 bits per heavy atom. The van der Waals surface area contributed by atoms with Crippen molar-refractivity contribution in [1.29, 1.82) is 0 Å². The summed E-state index contributed by atoms with van der Waals surface area (Å²) in [6, 6.07) is 13.9. The Morgan fingerprint density at radius 3 is 2.44 bits per heavy atom. The number of nitrogens with one attached hydrogen (secondary N) is 1. The van der Waals surface area contributed by atoms with Gasteiger partial charge in [-0.25, -0.2) is 13.1 Å². The number of hydrogen-bond donors (Lipinski definition) is 1. The van der Waals surface area contributed by atoms with E-state index in [0.29, 0.717) is 18.8 Å². The van der Waals surface area contributed by atoms with Crippen LogP contribution in [0.25, 0.3) is 0 Å². The molecule has 3 aromatic rings. The average Bonchev–Trinajstić information content (AvgIpc) is 3.13. The topological polar surface area (TPSA) is 110 Å². The van der Waals surface area contributed by atoms with E-state index in [0.717, 1.165) is 17.2 Å². The van der Waals surface area contributed by atoms with Crippen LogP contribution in [0.3, 0.4) is 0 Å². The molecule has 1 heterocycles. The molecule has 0 radical (unpaired) electrons. The molecule has 0 amide bonds. The van der Waals surface area contributed by atoms with Gasteiger partial charge in [-0.3, -0.25) is 14.8 Å². The fourth-order valence-corrected chi connectivity index (χ4v) is 4.74. The van der Waals surface area contributed by atoms with Crippen LogP contribution in [-0.4, -0.2) is 35.7 Å². The van der Waals surface area contributed by atoms with E-state index in [1.807, 2.05) is 36.5 Å². The maximum absolute atomic E-state index is 12.6. The lowest BCUT2D eigenvalue weighted by Gasteiger charge is -2.21. The molecule has 0 aliphatic rings. The Morgan fingerprint density at radius 2 is 1.81 bits per heavy atom. The van der Waals surface area contributed by atoms with Gasteiger partial charge in [0.05, 0.1) is 22.6 Å².